The van der Waals surface area contributed by atoms with Gasteiger partial charge in [-0.05, 0) is 24.8 Å². The molecule has 4 N–H and O–H groups in total. The number of nitrogens with one attached hydrogen (secondary N) is 2. The second-order valence-electron chi connectivity index (χ2n) is 5.01. The van der Waals surface area contributed by atoms with Crippen LogP contribution in [0.1, 0.15) is 38.5 Å². The average molecular weight is 303 g/mol. The van der Waals surface area contributed by atoms with Gasteiger partial charge in [0.25, 0.3) is 0 Å². The van der Waals surface area contributed by atoms with Crippen LogP contribution >= 0.6 is 23.2 Å². The summed E-state index contributed by atoms with van der Waals surface area (Å²) < 4.78 is 0. The van der Waals surface area contributed by atoms with Crippen LogP contribution in [-0.2, 0) is 0 Å². The standard InChI is InChI=1S/C13H20Cl2N4/c14-10-8-11(15)13(19-16)18-12(10)17-7-3-6-9-4-1-2-5-9/h8-9H,1-7,16H2,(H2,17,18,19). The van der Waals surface area contributed by atoms with E-state index in [1.807, 2.05) is 0 Å². The lowest BCUT2D eigenvalue weighted by Gasteiger charge is -2.12. The Morgan fingerprint density at radius 2 is 1.89 bits per heavy atom. The SMILES string of the molecule is NNc1nc(NCCCC2CCCC2)c(Cl)cc1Cl. The van der Waals surface area contributed by atoms with E-state index in [1.165, 1.54) is 32.1 Å². The molecular weight excluding hydrogens is 283 g/mol. The molecule has 0 aliphatic heterocycles. The third-order valence-electron chi connectivity index (χ3n) is 3.62. The Morgan fingerprint density at radius 3 is 2.58 bits per heavy atom. The molecule has 0 saturated heterocycles. The molecule has 1 aromatic heterocycles. The van der Waals surface area contributed by atoms with Gasteiger partial charge < -0.3 is 10.7 Å². The number of nitrogens with zero attached hydrogens (tertiary/aromatic N) is 1. The number of aromatic nitrogens is 1. The molecule has 0 atom stereocenters. The summed E-state index contributed by atoms with van der Waals surface area (Å²) in [6, 6.07) is 1.64. The van der Waals surface area contributed by atoms with Crippen LogP contribution in [0.25, 0.3) is 0 Å². The molecule has 1 aliphatic carbocycles. The van der Waals surface area contributed by atoms with E-state index in [2.05, 4.69) is 15.7 Å². The van der Waals surface area contributed by atoms with Crippen molar-refractivity contribution in [1.29, 1.82) is 0 Å². The number of nitrogen functional groups attached to an aromatic ring is 1. The van der Waals surface area contributed by atoms with Crippen LogP contribution in [0.4, 0.5) is 11.6 Å². The van der Waals surface area contributed by atoms with Crippen molar-refractivity contribution in [3.05, 3.63) is 16.1 Å². The highest BCUT2D eigenvalue weighted by Crippen LogP contribution is 2.30. The lowest BCUT2D eigenvalue weighted by atomic mass is 10.0. The number of hydrogen-bond acceptors (Lipinski definition) is 4. The first kappa shape index (κ1) is 14.7. The normalized spacial score (nSPS) is 15.7. The maximum Gasteiger partial charge on any atom is 0.161 e. The molecule has 0 unspecified atom stereocenters. The van der Waals surface area contributed by atoms with Gasteiger partial charge in [-0.15, -0.1) is 0 Å². The smallest absolute Gasteiger partial charge is 0.161 e. The van der Waals surface area contributed by atoms with Gasteiger partial charge in [0.2, 0.25) is 0 Å². The Hall–Kier alpha value is -0.710. The van der Waals surface area contributed by atoms with E-state index in [1.54, 1.807) is 6.07 Å². The molecule has 1 fully saturated rings. The molecule has 6 heteroatoms. The van der Waals surface area contributed by atoms with Crippen LogP contribution in [0, 0.1) is 5.92 Å². The van der Waals surface area contributed by atoms with Crippen LogP contribution in [-0.4, -0.2) is 11.5 Å². The molecular formula is C13H20Cl2N4. The molecule has 1 aromatic rings. The van der Waals surface area contributed by atoms with Gasteiger partial charge >= 0.3 is 0 Å². The van der Waals surface area contributed by atoms with Crippen molar-refractivity contribution in [2.45, 2.75) is 38.5 Å². The number of hydrogen-bond donors (Lipinski definition) is 3. The van der Waals surface area contributed by atoms with Crippen molar-refractivity contribution in [3.63, 3.8) is 0 Å². The first-order chi connectivity index (χ1) is 9.20. The van der Waals surface area contributed by atoms with Gasteiger partial charge in [-0.25, -0.2) is 10.8 Å². The summed E-state index contributed by atoms with van der Waals surface area (Å²) in [5.74, 6) is 7.32. The average Bonchev–Trinajstić information content (AvgIpc) is 2.90. The fourth-order valence-corrected chi connectivity index (χ4v) is 3.07. The molecule has 0 radical (unpaired) electrons. The molecule has 0 amide bonds. The second-order valence-corrected chi connectivity index (χ2v) is 5.83. The number of pyridine rings is 1. The highest BCUT2D eigenvalue weighted by Gasteiger charge is 2.14. The van der Waals surface area contributed by atoms with E-state index in [4.69, 9.17) is 29.0 Å². The summed E-state index contributed by atoms with van der Waals surface area (Å²) in [7, 11) is 0. The van der Waals surface area contributed by atoms with Crippen molar-refractivity contribution in [2.24, 2.45) is 11.8 Å². The zero-order valence-electron chi connectivity index (χ0n) is 10.9. The van der Waals surface area contributed by atoms with Gasteiger partial charge in [0, 0.05) is 6.54 Å². The molecule has 2 rings (SSSR count). The monoisotopic (exact) mass is 302 g/mol. The van der Waals surface area contributed by atoms with E-state index in [0.717, 1.165) is 18.9 Å². The Balaban J connectivity index is 1.81. The molecule has 0 bridgehead atoms. The minimum atomic E-state index is 0.420. The summed E-state index contributed by atoms with van der Waals surface area (Å²) in [6.45, 7) is 0.870. The molecule has 0 spiro atoms. The third-order valence-corrected chi connectivity index (χ3v) is 4.20. The molecule has 19 heavy (non-hydrogen) atoms. The van der Waals surface area contributed by atoms with Crippen LogP contribution in [0.2, 0.25) is 10.0 Å². The molecule has 1 saturated carbocycles. The van der Waals surface area contributed by atoms with Crippen LogP contribution in [0.3, 0.4) is 0 Å². The first-order valence-electron chi connectivity index (χ1n) is 6.77. The summed E-state index contributed by atoms with van der Waals surface area (Å²) in [4.78, 5) is 4.25. The topological polar surface area (TPSA) is 63.0 Å². The number of anilines is 2. The van der Waals surface area contributed by atoms with Gasteiger partial charge in [0.05, 0.1) is 10.0 Å². The Kier molecular flexibility index (Phi) is 5.55. The first-order valence-corrected chi connectivity index (χ1v) is 7.53. The molecule has 1 heterocycles. The second kappa shape index (κ2) is 7.17. The highest BCUT2D eigenvalue weighted by molar-refractivity contribution is 6.37. The van der Waals surface area contributed by atoms with Crippen molar-refractivity contribution in [3.8, 4) is 0 Å². The van der Waals surface area contributed by atoms with Gasteiger partial charge in [-0.3, -0.25) is 0 Å². The summed E-state index contributed by atoms with van der Waals surface area (Å²) in [5.41, 5.74) is 2.46. The van der Waals surface area contributed by atoms with E-state index in [9.17, 15) is 0 Å². The highest BCUT2D eigenvalue weighted by atomic mass is 35.5. The zero-order valence-corrected chi connectivity index (χ0v) is 12.4. The summed E-state index contributed by atoms with van der Waals surface area (Å²) in [5, 5.41) is 4.18. The van der Waals surface area contributed by atoms with E-state index < -0.39 is 0 Å². The van der Waals surface area contributed by atoms with Gasteiger partial charge in [-0.2, -0.15) is 0 Å². The fraction of sp³-hybridized carbons (Fsp3) is 0.615. The fourth-order valence-electron chi connectivity index (χ4n) is 2.59. The quantitative estimate of drug-likeness (QED) is 0.421. The maximum absolute atomic E-state index is 6.09. The number of rotatable bonds is 6. The van der Waals surface area contributed by atoms with E-state index in [-0.39, 0.29) is 0 Å². The summed E-state index contributed by atoms with van der Waals surface area (Å²) >= 11 is 12.0. The van der Waals surface area contributed by atoms with Crippen LogP contribution in [0.15, 0.2) is 6.07 Å². The predicted octanol–water partition coefficient (Wildman–Crippen LogP) is 4.06. The number of hydrazine groups is 1. The number of halogens is 2. The molecule has 106 valence electrons. The van der Waals surface area contributed by atoms with Gasteiger partial charge in [-0.1, -0.05) is 48.9 Å². The predicted molar refractivity (Wildman–Crippen MR) is 81.7 cm³/mol. The van der Waals surface area contributed by atoms with Gasteiger partial charge in [0.1, 0.15) is 5.82 Å². The van der Waals surface area contributed by atoms with Crippen molar-refractivity contribution < 1.29 is 0 Å². The minimum absolute atomic E-state index is 0.420. The minimum Gasteiger partial charge on any atom is -0.369 e. The Morgan fingerprint density at radius 1 is 1.21 bits per heavy atom. The largest absolute Gasteiger partial charge is 0.369 e. The lowest BCUT2D eigenvalue weighted by Crippen LogP contribution is -2.12. The lowest BCUT2D eigenvalue weighted by molar-refractivity contribution is 0.491. The maximum atomic E-state index is 6.09. The van der Waals surface area contributed by atoms with Gasteiger partial charge in [0.15, 0.2) is 5.82 Å². The number of nitrogens with two attached hydrogens (primary N) is 1. The zero-order chi connectivity index (χ0) is 13.7. The molecule has 4 nitrogen and oxygen atoms in total. The molecule has 0 aromatic carbocycles. The summed E-state index contributed by atoms with van der Waals surface area (Å²) in [6.07, 6.45) is 7.99. The van der Waals surface area contributed by atoms with Crippen molar-refractivity contribution in [1.82, 2.24) is 4.98 Å². The molecule has 1 aliphatic rings. The van der Waals surface area contributed by atoms with E-state index in [0.29, 0.717) is 21.7 Å². The van der Waals surface area contributed by atoms with Crippen LogP contribution < -0.4 is 16.6 Å². The van der Waals surface area contributed by atoms with Crippen molar-refractivity contribution in [2.75, 3.05) is 17.3 Å². The Labute approximate surface area is 124 Å². The Bertz CT molecular complexity index is 419. The van der Waals surface area contributed by atoms with Crippen LogP contribution in [0.5, 0.6) is 0 Å². The van der Waals surface area contributed by atoms with E-state index >= 15 is 0 Å². The van der Waals surface area contributed by atoms with Crippen molar-refractivity contribution >= 4 is 34.8 Å². The third kappa shape index (κ3) is 4.13.